The second-order valence-corrected chi connectivity index (χ2v) is 13.8. The van der Waals surface area contributed by atoms with Crippen molar-refractivity contribution in [3.8, 4) is 45.3 Å². The molecule has 14 heteroatoms. The summed E-state index contributed by atoms with van der Waals surface area (Å²) in [4.78, 5) is 9.26. The van der Waals surface area contributed by atoms with Crippen molar-refractivity contribution in [2.45, 2.75) is 44.9 Å². The van der Waals surface area contributed by atoms with Gasteiger partial charge in [-0.3, -0.25) is 0 Å². The molecule has 0 saturated heterocycles. The van der Waals surface area contributed by atoms with Gasteiger partial charge in [-0.15, -0.1) is 11.8 Å². The SMILES string of the molecule is CCSc1cc(C(F)(F)F)ccc1-c1ncc(-c2ccc(C)cc2)n1C.CC[S-].Cc1ccc(-c2cnc(-c3ccc(C(F)(F)F)cc3F)n2C)cc1.[Na+]. The maximum atomic E-state index is 14.2. The van der Waals surface area contributed by atoms with Crippen molar-refractivity contribution in [3.05, 3.63) is 125 Å². The fourth-order valence-electron chi connectivity index (χ4n) is 5.34. The van der Waals surface area contributed by atoms with Crippen LogP contribution in [0.15, 0.2) is 102 Å². The molecule has 0 saturated carbocycles. The van der Waals surface area contributed by atoms with Crippen molar-refractivity contribution in [1.82, 2.24) is 19.1 Å². The summed E-state index contributed by atoms with van der Waals surface area (Å²) in [6, 6.07) is 22.1. The molecule has 0 spiro atoms. The minimum absolute atomic E-state index is 0. The van der Waals surface area contributed by atoms with Gasteiger partial charge >= 0.3 is 41.9 Å². The van der Waals surface area contributed by atoms with E-state index in [4.69, 9.17) is 0 Å². The summed E-state index contributed by atoms with van der Waals surface area (Å²) in [6.45, 7) is 7.85. The van der Waals surface area contributed by atoms with Crippen LogP contribution in [0.1, 0.15) is 36.1 Å². The predicted molar refractivity (Wildman–Crippen MR) is 202 cm³/mol. The third kappa shape index (κ3) is 11.1. The molecule has 0 aliphatic carbocycles. The number of hydrogen-bond donors (Lipinski definition) is 0. The van der Waals surface area contributed by atoms with Crippen LogP contribution in [0.4, 0.5) is 30.7 Å². The van der Waals surface area contributed by atoms with Gasteiger partial charge in [0.1, 0.15) is 17.5 Å². The predicted octanol–water partition coefficient (Wildman–Crippen LogP) is 8.97. The molecule has 0 amide bonds. The molecule has 0 bridgehead atoms. The van der Waals surface area contributed by atoms with Crippen LogP contribution in [0.25, 0.3) is 45.3 Å². The topological polar surface area (TPSA) is 35.6 Å². The number of hydrogen-bond acceptors (Lipinski definition) is 4. The summed E-state index contributed by atoms with van der Waals surface area (Å²) >= 11 is 5.78. The van der Waals surface area contributed by atoms with Crippen LogP contribution < -0.4 is 29.6 Å². The summed E-state index contributed by atoms with van der Waals surface area (Å²) in [6.07, 6.45) is -5.58. The molecule has 0 atom stereocenters. The Hall–Kier alpha value is -3.49. The number of aryl methyl sites for hydroxylation is 2. The molecular formula is C40H38F7N4NaS2. The van der Waals surface area contributed by atoms with Crippen LogP contribution in [0.3, 0.4) is 0 Å². The van der Waals surface area contributed by atoms with Gasteiger partial charge in [-0.2, -0.15) is 32.1 Å². The fourth-order valence-corrected chi connectivity index (χ4v) is 6.17. The molecule has 0 aliphatic heterocycles. The maximum Gasteiger partial charge on any atom is 1.00 e. The molecule has 6 rings (SSSR count). The summed E-state index contributed by atoms with van der Waals surface area (Å²) in [7, 11) is 3.59. The first kappa shape index (κ1) is 44.9. The van der Waals surface area contributed by atoms with Crippen LogP contribution in [0.2, 0.25) is 0 Å². The van der Waals surface area contributed by atoms with E-state index in [-0.39, 0.29) is 40.9 Å². The van der Waals surface area contributed by atoms with Crippen molar-refractivity contribution in [1.29, 1.82) is 0 Å². The van der Waals surface area contributed by atoms with Crippen molar-refractivity contribution in [2.75, 3.05) is 11.5 Å². The van der Waals surface area contributed by atoms with Crippen LogP contribution in [-0.4, -0.2) is 30.6 Å². The van der Waals surface area contributed by atoms with Crippen LogP contribution in [-0.2, 0) is 39.1 Å². The van der Waals surface area contributed by atoms with Crippen LogP contribution in [0.5, 0.6) is 0 Å². The van der Waals surface area contributed by atoms with E-state index in [2.05, 4.69) is 22.6 Å². The van der Waals surface area contributed by atoms with Gasteiger partial charge in [0.25, 0.3) is 0 Å². The minimum atomic E-state index is -4.58. The van der Waals surface area contributed by atoms with Crippen molar-refractivity contribution in [3.63, 3.8) is 0 Å². The summed E-state index contributed by atoms with van der Waals surface area (Å²) in [5.74, 6) is 1.50. The van der Waals surface area contributed by atoms with Crippen molar-refractivity contribution < 1.29 is 60.3 Å². The summed E-state index contributed by atoms with van der Waals surface area (Å²) in [5.41, 5.74) is 4.96. The first-order valence-electron chi connectivity index (χ1n) is 16.5. The second-order valence-electron chi connectivity index (χ2n) is 11.9. The number of nitrogens with zero attached hydrogens (tertiary/aromatic N) is 4. The van der Waals surface area contributed by atoms with Gasteiger partial charge in [-0.05, 0) is 67.1 Å². The number of aromatic nitrogens is 4. The number of alkyl halides is 6. The van der Waals surface area contributed by atoms with E-state index < -0.39 is 29.3 Å². The van der Waals surface area contributed by atoms with Gasteiger partial charge in [0.2, 0.25) is 0 Å². The van der Waals surface area contributed by atoms with E-state index in [0.29, 0.717) is 28.1 Å². The van der Waals surface area contributed by atoms with E-state index in [1.165, 1.54) is 29.5 Å². The van der Waals surface area contributed by atoms with Gasteiger partial charge < -0.3 is 21.8 Å². The smallest absolute Gasteiger partial charge is 0.793 e. The van der Waals surface area contributed by atoms with E-state index in [0.717, 1.165) is 52.0 Å². The Morgan fingerprint density at radius 3 is 1.41 bits per heavy atom. The maximum absolute atomic E-state index is 14.2. The molecule has 0 radical (unpaired) electrons. The van der Waals surface area contributed by atoms with Gasteiger partial charge in [0.05, 0.1) is 40.5 Å². The van der Waals surface area contributed by atoms with Crippen molar-refractivity contribution in [2.24, 2.45) is 14.1 Å². The number of halogens is 7. The summed E-state index contributed by atoms with van der Waals surface area (Å²) < 4.78 is 94.8. The molecule has 2 heterocycles. The standard InChI is InChI=1S/C20H19F3N2S.C18H14F4N2.C2H6S.Na/c1-4-26-18-11-15(20(21,22)23)9-10-16(18)19-24-12-17(25(19)3)14-7-5-13(2)6-8-14;1-11-3-5-12(6-4-11)16-10-23-17(24(16)2)14-8-7-13(9-15(14)19)18(20,21)22;1-2-3;/h5-12H,4H2,1-3H3;3-10H,1-2H3;3H,2H2,1H3;/q;;;+1/p-1. The Labute approximate surface area is 343 Å². The molecule has 2 aromatic heterocycles. The van der Waals surface area contributed by atoms with Gasteiger partial charge in [-0.1, -0.05) is 73.5 Å². The monoisotopic (exact) mass is 794 g/mol. The molecule has 280 valence electrons. The molecule has 0 fully saturated rings. The second kappa shape index (κ2) is 19.4. The molecule has 54 heavy (non-hydrogen) atoms. The molecule has 0 unspecified atom stereocenters. The first-order valence-corrected chi connectivity index (χ1v) is 18.0. The minimum Gasteiger partial charge on any atom is -0.793 e. The Kier molecular flexibility index (Phi) is 16.1. The van der Waals surface area contributed by atoms with Crippen LogP contribution >= 0.6 is 11.8 Å². The third-order valence-electron chi connectivity index (χ3n) is 8.06. The Balaban J connectivity index is 0.000000267. The molecular weight excluding hydrogens is 757 g/mol. The Bertz CT molecular complexity index is 2120. The molecule has 0 aliphatic rings. The molecule has 4 nitrogen and oxygen atoms in total. The summed E-state index contributed by atoms with van der Waals surface area (Å²) in [5, 5.41) is 0. The van der Waals surface area contributed by atoms with Crippen LogP contribution in [0, 0.1) is 19.7 Å². The first-order chi connectivity index (χ1) is 25.0. The van der Waals surface area contributed by atoms with Gasteiger partial charge in [0.15, 0.2) is 0 Å². The fraction of sp³-hybridized carbons (Fsp3) is 0.250. The molecule has 6 aromatic rings. The normalized spacial score (nSPS) is 11.2. The van der Waals surface area contributed by atoms with Gasteiger partial charge in [-0.25, -0.2) is 14.4 Å². The quantitative estimate of drug-likeness (QED) is 0.0731. The Morgan fingerprint density at radius 2 is 1.02 bits per heavy atom. The molecule has 0 N–H and O–H groups in total. The average molecular weight is 795 g/mol. The van der Waals surface area contributed by atoms with Gasteiger partial charge in [0, 0.05) is 24.6 Å². The largest absolute Gasteiger partial charge is 1.00 e. The number of thioether (sulfide) groups is 1. The third-order valence-corrected chi connectivity index (χ3v) is 9.00. The Morgan fingerprint density at radius 1 is 0.630 bits per heavy atom. The number of rotatable bonds is 6. The zero-order valence-electron chi connectivity index (χ0n) is 30.9. The van der Waals surface area contributed by atoms with E-state index in [1.807, 2.05) is 87.8 Å². The van der Waals surface area contributed by atoms with E-state index in [9.17, 15) is 30.7 Å². The number of benzene rings is 4. The average Bonchev–Trinajstić information content (AvgIpc) is 3.67. The zero-order valence-corrected chi connectivity index (χ0v) is 34.5. The zero-order chi connectivity index (χ0) is 39.1. The number of imidazole rings is 2. The molecule has 4 aromatic carbocycles. The van der Waals surface area contributed by atoms with E-state index >= 15 is 0 Å². The van der Waals surface area contributed by atoms with E-state index in [1.54, 1.807) is 24.0 Å². The van der Waals surface area contributed by atoms with Crippen molar-refractivity contribution >= 4 is 24.4 Å².